The van der Waals surface area contributed by atoms with E-state index < -0.39 is 11.5 Å². The second-order valence-electron chi connectivity index (χ2n) is 7.32. The van der Waals surface area contributed by atoms with E-state index in [0.29, 0.717) is 23.2 Å². The zero-order valence-electron chi connectivity index (χ0n) is 16.8. The van der Waals surface area contributed by atoms with Gasteiger partial charge >= 0.3 is 0 Å². The van der Waals surface area contributed by atoms with Crippen molar-refractivity contribution in [1.82, 2.24) is 14.9 Å². The minimum atomic E-state index is -0.494. The quantitative estimate of drug-likeness (QED) is 0.677. The Hall–Kier alpha value is -3.28. The molecule has 0 fully saturated rings. The van der Waals surface area contributed by atoms with Crippen molar-refractivity contribution in [3.63, 3.8) is 0 Å². The molecular weight excluding hydrogens is 369 g/mol. The number of rotatable bonds is 6. The van der Waals surface area contributed by atoms with Crippen molar-refractivity contribution >= 4 is 16.9 Å². The van der Waals surface area contributed by atoms with Crippen LogP contribution >= 0.6 is 0 Å². The normalized spacial score (nSPS) is 11.1. The molecule has 3 aromatic rings. The van der Waals surface area contributed by atoms with Gasteiger partial charge in [0.05, 0.1) is 6.54 Å². The zero-order chi connectivity index (χ0) is 21.1. The number of benzene rings is 1. The molecular formula is C23H24FN3O2. The van der Waals surface area contributed by atoms with Gasteiger partial charge in [-0.1, -0.05) is 39.5 Å². The van der Waals surface area contributed by atoms with Crippen molar-refractivity contribution < 1.29 is 9.18 Å². The summed E-state index contributed by atoms with van der Waals surface area (Å²) in [5, 5.41) is 3.37. The van der Waals surface area contributed by atoms with E-state index in [1.54, 1.807) is 24.4 Å². The Kier molecular flexibility index (Phi) is 5.92. The molecule has 150 valence electrons. The minimum absolute atomic E-state index is 0.0249. The monoisotopic (exact) mass is 393 g/mol. The number of hydrogen-bond acceptors (Lipinski definition) is 3. The van der Waals surface area contributed by atoms with Crippen LogP contribution in [0.2, 0.25) is 0 Å². The standard InChI is InChI=1S/C23H24FN3O2/c1-5-15(4)26-22(28)20-11-17-10-18(14(2)3)12-25-21(17)27(23(20)29)13-16-6-8-19(24)9-7-16/h6-12,14H,4-5,13H2,1-3H3,(H,26,28). The average molecular weight is 393 g/mol. The third kappa shape index (κ3) is 4.42. The van der Waals surface area contributed by atoms with Gasteiger partial charge in [0.1, 0.15) is 17.0 Å². The van der Waals surface area contributed by atoms with Crippen molar-refractivity contribution in [3.05, 3.63) is 87.7 Å². The van der Waals surface area contributed by atoms with Crippen molar-refractivity contribution in [3.8, 4) is 0 Å². The summed E-state index contributed by atoms with van der Waals surface area (Å²) in [5.41, 5.74) is 2.34. The van der Waals surface area contributed by atoms with Gasteiger partial charge in [-0.25, -0.2) is 9.37 Å². The second kappa shape index (κ2) is 8.39. The molecule has 0 unspecified atom stereocenters. The Balaban J connectivity index is 2.18. The number of pyridine rings is 2. The Morgan fingerprint density at radius 1 is 1.24 bits per heavy atom. The molecule has 1 aromatic carbocycles. The molecule has 2 aromatic heterocycles. The number of nitrogens with zero attached hydrogens (tertiary/aromatic N) is 2. The SMILES string of the molecule is C=C(CC)NC(=O)c1cc2cc(C(C)C)cnc2n(Cc2ccc(F)cc2)c1=O. The average Bonchev–Trinajstić information content (AvgIpc) is 2.70. The van der Waals surface area contributed by atoms with Crippen LogP contribution < -0.4 is 10.9 Å². The third-order valence-corrected chi connectivity index (χ3v) is 4.83. The highest BCUT2D eigenvalue weighted by atomic mass is 19.1. The van der Waals surface area contributed by atoms with Crippen LogP contribution in [-0.2, 0) is 6.54 Å². The van der Waals surface area contributed by atoms with Crippen LogP contribution in [-0.4, -0.2) is 15.5 Å². The van der Waals surface area contributed by atoms with Crippen LogP contribution in [0.15, 0.2) is 59.7 Å². The molecule has 0 aliphatic heterocycles. The molecule has 1 amide bonds. The fourth-order valence-electron chi connectivity index (χ4n) is 3.00. The van der Waals surface area contributed by atoms with Gasteiger partial charge in [-0.15, -0.1) is 0 Å². The van der Waals surface area contributed by atoms with Crippen LogP contribution in [0.25, 0.3) is 11.0 Å². The Morgan fingerprint density at radius 3 is 2.55 bits per heavy atom. The number of halogens is 1. The summed E-state index contributed by atoms with van der Waals surface area (Å²) >= 11 is 0. The molecule has 0 saturated carbocycles. The summed E-state index contributed by atoms with van der Waals surface area (Å²) < 4.78 is 14.7. The molecule has 6 heteroatoms. The summed E-state index contributed by atoms with van der Waals surface area (Å²) in [6.45, 7) is 9.93. The molecule has 0 spiro atoms. The topological polar surface area (TPSA) is 64.0 Å². The van der Waals surface area contributed by atoms with Crippen molar-refractivity contribution in [2.75, 3.05) is 0 Å². The fourth-order valence-corrected chi connectivity index (χ4v) is 3.00. The molecule has 29 heavy (non-hydrogen) atoms. The highest BCUT2D eigenvalue weighted by molar-refractivity contribution is 5.97. The number of amides is 1. The lowest BCUT2D eigenvalue weighted by atomic mass is 10.0. The molecule has 1 N–H and O–H groups in total. The molecule has 0 atom stereocenters. The van der Waals surface area contributed by atoms with E-state index in [9.17, 15) is 14.0 Å². The van der Waals surface area contributed by atoms with Crippen LogP contribution in [0.5, 0.6) is 0 Å². The summed E-state index contributed by atoms with van der Waals surface area (Å²) in [7, 11) is 0. The van der Waals surface area contributed by atoms with Gasteiger partial charge in [0, 0.05) is 17.3 Å². The Labute approximate surface area is 168 Å². The van der Waals surface area contributed by atoms with E-state index in [0.717, 1.165) is 11.1 Å². The van der Waals surface area contributed by atoms with E-state index in [4.69, 9.17) is 0 Å². The lowest BCUT2D eigenvalue weighted by Gasteiger charge is -2.14. The molecule has 0 saturated heterocycles. The molecule has 5 nitrogen and oxygen atoms in total. The molecule has 3 rings (SSSR count). The first-order valence-electron chi connectivity index (χ1n) is 9.57. The van der Waals surface area contributed by atoms with E-state index in [-0.39, 0.29) is 23.8 Å². The predicted molar refractivity (Wildman–Crippen MR) is 112 cm³/mol. The number of carbonyl (C=O) groups excluding carboxylic acids is 1. The third-order valence-electron chi connectivity index (χ3n) is 4.83. The largest absolute Gasteiger partial charge is 0.326 e. The number of allylic oxidation sites excluding steroid dienone is 1. The summed E-state index contributed by atoms with van der Waals surface area (Å²) in [4.78, 5) is 30.3. The van der Waals surface area contributed by atoms with E-state index in [2.05, 4.69) is 30.7 Å². The van der Waals surface area contributed by atoms with Gasteiger partial charge in [-0.2, -0.15) is 0 Å². The van der Waals surface area contributed by atoms with Gasteiger partial charge < -0.3 is 5.32 Å². The van der Waals surface area contributed by atoms with Gasteiger partial charge in [0.25, 0.3) is 11.5 Å². The first-order chi connectivity index (χ1) is 13.8. The summed E-state index contributed by atoms with van der Waals surface area (Å²) in [6.07, 6.45) is 2.31. The lowest BCUT2D eigenvalue weighted by Crippen LogP contribution is -2.33. The van der Waals surface area contributed by atoms with E-state index in [1.807, 2.05) is 13.0 Å². The molecule has 0 aliphatic carbocycles. The predicted octanol–water partition coefficient (Wildman–Crippen LogP) is 4.36. The van der Waals surface area contributed by atoms with Crippen LogP contribution in [0.3, 0.4) is 0 Å². The molecule has 0 radical (unpaired) electrons. The maximum Gasteiger partial charge on any atom is 0.265 e. The van der Waals surface area contributed by atoms with Crippen LogP contribution in [0, 0.1) is 5.82 Å². The molecule has 2 heterocycles. The highest BCUT2D eigenvalue weighted by Crippen LogP contribution is 2.20. The van der Waals surface area contributed by atoms with Crippen LogP contribution in [0.4, 0.5) is 4.39 Å². The van der Waals surface area contributed by atoms with Gasteiger partial charge in [0.2, 0.25) is 0 Å². The molecule has 0 aliphatic rings. The number of hydrogen-bond donors (Lipinski definition) is 1. The molecule has 0 bridgehead atoms. The van der Waals surface area contributed by atoms with Crippen molar-refractivity contribution in [2.45, 2.75) is 39.7 Å². The summed E-state index contributed by atoms with van der Waals surface area (Å²) in [6, 6.07) is 9.43. The zero-order valence-corrected chi connectivity index (χ0v) is 16.8. The minimum Gasteiger partial charge on any atom is -0.326 e. The maximum absolute atomic E-state index is 13.3. The number of nitrogens with one attached hydrogen (secondary N) is 1. The lowest BCUT2D eigenvalue weighted by molar-refractivity contribution is 0.0963. The van der Waals surface area contributed by atoms with E-state index in [1.165, 1.54) is 16.7 Å². The van der Waals surface area contributed by atoms with Gasteiger partial charge in [-0.05, 0) is 47.7 Å². The first kappa shape index (κ1) is 20.5. The first-order valence-corrected chi connectivity index (χ1v) is 9.57. The van der Waals surface area contributed by atoms with Crippen LogP contribution in [0.1, 0.15) is 54.6 Å². The van der Waals surface area contributed by atoms with Gasteiger partial charge in [-0.3, -0.25) is 14.2 Å². The smallest absolute Gasteiger partial charge is 0.265 e. The number of aromatic nitrogens is 2. The summed E-state index contributed by atoms with van der Waals surface area (Å²) in [5.74, 6) is -0.593. The fraction of sp³-hybridized carbons (Fsp3) is 0.261. The van der Waals surface area contributed by atoms with E-state index >= 15 is 0 Å². The Morgan fingerprint density at radius 2 is 1.93 bits per heavy atom. The number of fused-ring (bicyclic) bond motifs is 1. The highest BCUT2D eigenvalue weighted by Gasteiger charge is 2.18. The number of carbonyl (C=O) groups is 1. The van der Waals surface area contributed by atoms with Gasteiger partial charge in [0.15, 0.2) is 0 Å². The second-order valence-corrected chi connectivity index (χ2v) is 7.32. The van der Waals surface area contributed by atoms with Crippen molar-refractivity contribution in [1.29, 1.82) is 0 Å². The maximum atomic E-state index is 13.3. The Bertz CT molecular complexity index is 1130. The van der Waals surface area contributed by atoms with Crippen molar-refractivity contribution in [2.24, 2.45) is 0 Å².